The number of alkyl halides is 3. The van der Waals surface area contributed by atoms with Crippen molar-refractivity contribution in [3.63, 3.8) is 0 Å². The first-order valence-corrected chi connectivity index (χ1v) is 11.0. The van der Waals surface area contributed by atoms with E-state index >= 15 is 0 Å². The van der Waals surface area contributed by atoms with Crippen LogP contribution < -0.4 is 15.5 Å². The lowest BCUT2D eigenvalue weighted by atomic mass is 9.95. The van der Waals surface area contributed by atoms with Crippen LogP contribution in [0.1, 0.15) is 49.8 Å². The van der Waals surface area contributed by atoms with Gasteiger partial charge in [0.2, 0.25) is 5.43 Å². The third-order valence-corrected chi connectivity index (χ3v) is 6.35. The number of methoxy groups -OCH3 is 1. The zero-order chi connectivity index (χ0) is 21.5. The van der Waals surface area contributed by atoms with E-state index in [1.54, 1.807) is 11.5 Å². The summed E-state index contributed by atoms with van der Waals surface area (Å²) < 4.78 is 36.5. The third-order valence-electron chi connectivity index (χ3n) is 4.49. The summed E-state index contributed by atoms with van der Waals surface area (Å²) in [4.78, 5) is 25.3. The molecule has 0 fully saturated rings. The molecule has 1 atom stereocenters. The SMILES string of the molecule is CC.CCNC(=O)c1c(OC)c(=O)c(Br)c2n1C(CBr)(CCOC(F)F)CC2. The first-order valence-electron chi connectivity index (χ1n) is 9.08. The number of rotatable bonds is 8. The van der Waals surface area contributed by atoms with E-state index in [-0.39, 0.29) is 24.5 Å². The van der Waals surface area contributed by atoms with Crippen LogP contribution in [0.4, 0.5) is 8.78 Å². The molecule has 0 aromatic carbocycles. The number of ether oxygens (including phenoxy) is 2. The van der Waals surface area contributed by atoms with E-state index in [4.69, 9.17) is 4.74 Å². The minimum atomic E-state index is -2.86. The highest BCUT2D eigenvalue weighted by atomic mass is 79.9. The molecule has 1 aromatic heterocycles. The minimum Gasteiger partial charge on any atom is -0.491 e. The van der Waals surface area contributed by atoms with Crippen molar-refractivity contribution in [1.29, 1.82) is 0 Å². The molecule has 1 aliphatic rings. The molecular formula is C18H26Br2F2N2O4. The lowest BCUT2D eigenvalue weighted by molar-refractivity contribution is -0.133. The van der Waals surface area contributed by atoms with Gasteiger partial charge in [0.25, 0.3) is 5.91 Å². The Hall–Kier alpha value is -1.00. The summed E-state index contributed by atoms with van der Waals surface area (Å²) >= 11 is 6.76. The van der Waals surface area contributed by atoms with Gasteiger partial charge in [-0.05, 0) is 42.1 Å². The van der Waals surface area contributed by atoms with Gasteiger partial charge < -0.3 is 19.4 Å². The Balaban J connectivity index is 0.00000190. The molecule has 10 heteroatoms. The summed E-state index contributed by atoms with van der Waals surface area (Å²) in [6.45, 7) is 3.10. The molecule has 2 rings (SSSR count). The first kappa shape index (κ1) is 25.0. The topological polar surface area (TPSA) is 69.6 Å². The second-order valence-electron chi connectivity index (χ2n) is 5.91. The van der Waals surface area contributed by atoms with E-state index in [2.05, 4.69) is 41.9 Å². The van der Waals surface area contributed by atoms with Gasteiger partial charge in [0.05, 0.1) is 23.7 Å². The van der Waals surface area contributed by atoms with Gasteiger partial charge in [0.15, 0.2) is 11.4 Å². The van der Waals surface area contributed by atoms with Crippen molar-refractivity contribution in [2.24, 2.45) is 0 Å². The van der Waals surface area contributed by atoms with Gasteiger partial charge in [-0.15, -0.1) is 0 Å². The van der Waals surface area contributed by atoms with E-state index in [0.717, 1.165) is 0 Å². The monoisotopic (exact) mass is 530 g/mol. The first-order chi connectivity index (χ1) is 13.3. The van der Waals surface area contributed by atoms with Gasteiger partial charge in [-0.2, -0.15) is 8.78 Å². The number of carbonyl (C=O) groups excluding carboxylic acids is 1. The van der Waals surface area contributed by atoms with Crippen molar-refractivity contribution in [3.05, 3.63) is 26.1 Å². The third kappa shape index (κ3) is 4.94. The summed E-state index contributed by atoms with van der Waals surface area (Å²) in [7, 11) is 1.32. The predicted octanol–water partition coefficient (Wildman–Crippen LogP) is 4.06. The van der Waals surface area contributed by atoms with Crippen LogP contribution in [0, 0.1) is 0 Å². The molecule has 1 amide bonds. The highest BCUT2D eigenvalue weighted by Gasteiger charge is 2.43. The van der Waals surface area contributed by atoms with Gasteiger partial charge >= 0.3 is 6.61 Å². The van der Waals surface area contributed by atoms with Gasteiger partial charge in [-0.1, -0.05) is 29.8 Å². The van der Waals surface area contributed by atoms with Crippen LogP contribution in [0.15, 0.2) is 9.27 Å². The Morgan fingerprint density at radius 2 is 2.04 bits per heavy atom. The van der Waals surface area contributed by atoms with Crippen LogP contribution in [-0.4, -0.2) is 42.7 Å². The summed E-state index contributed by atoms with van der Waals surface area (Å²) in [5, 5.41) is 3.10. The molecule has 1 N–H and O–H groups in total. The van der Waals surface area contributed by atoms with Crippen molar-refractivity contribution < 1.29 is 23.0 Å². The number of halogens is 4. The molecule has 0 spiro atoms. The highest BCUT2D eigenvalue weighted by Crippen LogP contribution is 2.42. The van der Waals surface area contributed by atoms with Crippen LogP contribution in [0.2, 0.25) is 0 Å². The fourth-order valence-corrected chi connectivity index (χ4v) is 4.65. The maximum atomic E-state index is 12.7. The van der Waals surface area contributed by atoms with E-state index in [9.17, 15) is 18.4 Å². The Morgan fingerprint density at radius 1 is 1.39 bits per heavy atom. The second kappa shape index (κ2) is 11.3. The summed E-state index contributed by atoms with van der Waals surface area (Å²) in [6.07, 6.45) is 1.34. The van der Waals surface area contributed by atoms with E-state index in [0.29, 0.717) is 34.9 Å². The average molecular weight is 532 g/mol. The number of aromatic nitrogens is 1. The summed E-state index contributed by atoms with van der Waals surface area (Å²) in [6, 6.07) is 0. The molecule has 6 nitrogen and oxygen atoms in total. The van der Waals surface area contributed by atoms with E-state index in [1.165, 1.54) is 7.11 Å². The standard InChI is InChI=1S/C16H20Br2F2N2O4.C2H6/c1-3-21-14(24)11-13(25-2)12(23)10(18)9-4-5-16(8-17,22(9)11)6-7-26-15(19)20;1-2/h15H,3-8H2,1-2H3,(H,21,24);1-2H3. The van der Waals surface area contributed by atoms with Crippen molar-refractivity contribution in [2.75, 3.05) is 25.6 Å². The minimum absolute atomic E-state index is 0.0754. The van der Waals surface area contributed by atoms with Crippen LogP contribution in [0.5, 0.6) is 5.75 Å². The van der Waals surface area contributed by atoms with Crippen molar-refractivity contribution >= 4 is 37.8 Å². The lowest BCUT2D eigenvalue weighted by Crippen LogP contribution is -2.40. The smallest absolute Gasteiger partial charge is 0.345 e. The average Bonchev–Trinajstić information content (AvgIpc) is 3.05. The van der Waals surface area contributed by atoms with Crippen LogP contribution >= 0.6 is 31.9 Å². The number of amides is 1. The molecule has 0 saturated carbocycles. The van der Waals surface area contributed by atoms with Crippen LogP contribution in [-0.2, 0) is 16.7 Å². The fraction of sp³-hybridized carbons (Fsp3) is 0.667. The zero-order valence-corrected chi connectivity index (χ0v) is 19.6. The molecule has 2 heterocycles. The molecule has 0 bridgehead atoms. The van der Waals surface area contributed by atoms with Gasteiger partial charge in [0, 0.05) is 17.6 Å². The molecule has 0 aliphatic carbocycles. The van der Waals surface area contributed by atoms with Crippen molar-refractivity contribution in [2.45, 2.75) is 52.2 Å². The molecular weight excluding hydrogens is 506 g/mol. The number of nitrogens with zero attached hydrogens (tertiary/aromatic N) is 1. The number of pyridine rings is 1. The van der Waals surface area contributed by atoms with Crippen LogP contribution in [0.25, 0.3) is 0 Å². The van der Waals surface area contributed by atoms with Crippen molar-refractivity contribution in [1.82, 2.24) is 9.88 Å². The Labute approximate surface area is 180 Å². The molecule has 1 unspecified atom stereocenters. The Kier molecular flexibility index (Phi) is 10.1. The maximum Gasteiger partial charge on any atom is 0.345 e. The number of carbonyl (C=O) groups is 1. The van der Waals surface area contributed by atoms with Crippen LogP contribution in [0.3, 0.4) is 0 Å². The highest BCUT2D eigenvalue weighted by molar-refractivity contribution is 9.10. The van der Waals surface area contributed by atoms with Gasteiger partial charge in [-0.3, -0.25) is 9.59 Å². The largest absolute Gasteiger partial charge is 0.491 e. The Morgan fingerprint density at radius 3 is 2.54 bits per heavy atom. The zero-order valence-electron chi connectivity index (χ0n) is 16.4. The normalized spacial score (nSPS) is 17.8. The number of fused-ring (bicyclic) bond motifs is 1. The van der Waals surface area contributed by atoms with Gasteiger partial charge in [0.1, 0.15) is 0 Å². The van der Waals surface area contributed by atoms with E-state index < -0.39 is 23.5 Å². The predicted molar refractivity (Wildman–Crippen MR) is 111 cm³/mol. The molecule has 1 aromatic rings. The maximum absolute atomic E-state index is 12.7. The molecule has 1 aliphatic heterocycles. The quantitative estimate of drug-likeness (QED) is 0.513. The number of nitrogens with one attached hydrogen (secondary N) is 1. The lowest BCUT2D eigenvalue weighted by Gasteiger charge is -2.33. The van der Waals surface area contributed by atoms with Crippen molar-refractivity contribution in [3.8, 4) is 5.75 Å². The molecule has 160 valence electrons. The van der Waals surface area contributed by atoms with Gasteiger partial charge in [-0.25, -0.2) is 0 Å². The number of hydrogen-bond donors (Lipinski definition) is 1. The fourth-order valence-electron chi connectivity index (χ4n) is 3.29. The molecule has 28 heavy (non-hydrogen) atoms. The summed E-state index contributed by atoms with van der Waals surface area (Å²) in [5.41, 5.74) is -0.344. The number of hydrogen-bond acceptors (Lipinski definition) is 4. The molecule has 0 saturated heterocycles. The second-order valence-corrected chi connectivity index (χ2v) is 7.26. The van der Waals surface area contributed by atoms with E-state index in [1.807, 2.05) is 13.8 Å². The summed E-state index contributed by atoms with van der Waals surface area (Å²) in [5.74, 6) is -0.522. The molecule has 0 radical (unpaired) electrons. The Bertz CT molecular complexity index is 743.